The molecule has 0 aliphatic carbocycles. The zero-order valence-corrected chi connectivity index (χ0v) is 9.81. The van der Waals surface area contributed by atoms with Gasteiger partial charge in [0.05, 0.1) is 23.5 Å². The summed E-state index contributed by atoms with van der Waals surface area (Å²) in [5.41, 5.74) is -3.85. The third kappa shape index (κ3) is 3.33. The van der Waals surface area contributed by atoms with Gasteiger partial charge >= 0.3 is 11.7 Å². The topological polar surface area (TPSA) is 102 Å². The highest BCUT2D eigenvalue weighted by Gasteiger charge is 2.27. The molecule has 0 unspecified atom stereocenters. The minimum atomic E-state index is -3.14. The highest BCUT2D eigenvalue weighted by molar-refractivity contribution is 5.73. The minimum Gasteiger partial charge on any atom is -0.466 e. The predicted molar refractivity (Wildman–Crippen MR) is 59.0 cm³/mol. The Bertz CT molecular complexity index is 555. The number of carbonyl (C=O) groups excluding carboxylic acids is 1. The summed E-state index contributed by atoms with van der Waals surface area (Å²) >= 11 is 0. The third-order valence-corrected chi connectivity index (χ3v) is 2.21. The molecule has 0 atom stereocenters. The van der Waals surface area contributed by atoms with Crippen LogP contribution in [0.5, 0.6) is 0 Å². The second-order valence-corrected chi connectivity index (χ2v) is 3.44. The first kappa shape index (κ1) is 14.7. The van der Waals surface area contributed by atoms with E-state index in [1.54, 1.807) is 0 Å². The van der Waals surface area contributed by atoms with E-state index >= 15 is 0 Å². The second kappa shape index (κ2) is 6.03. The fourth-order valence-electron chi connectivity index (χ4n) is 1.42. The SMILES string of the molecule is CCOC(=O)Cc1[nH]cc(C(F)F)c(=O)c1[N+](=O)[O-]. The van der Waals surface area contributed by atoms with Gasteiger partial charge in [-0.15, -0.1) is 0 Å². The Morgan fingerprint density at radius 2 is 2.21 bits per heavy atom. The summed E-state index contributed by atoms with van der Waals surface area (Å²) in [4.78, 5) is 34.5. The molecule has 9 heteroatoms. The van der Waals surface area contributed by atoms with Gasteiger partial charge < -0.3 is 9.72 Å². The number of hydrogen-bond acceptors (Lipinski definition) is 5. The molecule has 1 aromatic heterocycles. The standard InChI is InChI=1S/C10H10F2N2O5/c1-2-19-7(15)3-6-8(14(17)18)9(16)5(4-13-6)10(11)12/h4,10H,2-3H2,1H3,(H,13,16). The Labute approximate surface area is 105 Å². The number of nitrogens with zero attached hydrogens (tertiary/aromatic N) is 1. The molecule has 19 heavy (non-hydrogen) atoms. The van der Waals surface area contributed by atoms with Crippen LogP contribution in [0, 0.1) is 10.1 Å². The predicted octanol–water partition coefficient (Wildman–Crippen LogP) is 1.33. The number of esters is 1. The van der Waals surface area contributed by atoms with Gasteiger partial charge in [-0.1, -0.05) is 0 Å². The molecule has 7 nitrogen and oxygen atoms in total. The number of alkyl halides is 2. The van der Waals surface area contributed by atoms with Crippen LogP contribution < -0.4 is 5.43 Å². The van der Waals surface area contributed by atoms with E-state index < -0.39 is 40.4 Å². The Morgan fingerprint density at radius 1 is 1.58 bits per heavy atom. The molecule has 0 saturated carbocycles. The Kier molecular flexibility index (Phi) is 4.67. The van der Waals surface area contributed by atoms with Crippen molar-refractivity contribution in [2.45, 2.75) is 19.8 Å². The monoisotopic (exact) mass is 276 g/mol. The van der Waals surface area contributed by atoms with Gasteiger partial charge in [0.15, 0.2) is 0 Å². The average Bonchev–Trinajstić information content (AvgIpc) is 2.28. The molecule has 0 radical (unpaired) electrons. The van der Waals surface area contributed by atoms with Crippen molar-refractivity contribution in [3.63, 3.8) is 0 Å². The Balaban J connectivity index is 3.27. The first-order valence-corrected chi connectivity index (χ1v) is 5.21. The number of carbonyl (C=O) groups is 1. The van der Waals surface area contributed by atoms with E-state index in [2.05, 4.69) is 9.72 Å². The van der Waals surface area contributed by atoms with E-state index in [4.69, 9.17) is 0 Å². The first-order chi connectivity index (χ1) is 8.88. The van der Waals surface area contributed by atoms with Crippen molar-refractivity contribution >= 4 is 11.7 Å². The van der Waals surface area contributed by atoms with Crippen molar-refractivity contribution in [2.75, 3.05) is 6.61 Å². The quantitative estimate of drug-likeness (QED) is 0.496. The van der Waals surface area contributed by atoms with E-state index in [1.165, 1.54) is 6.92 Å². The van der Waals surface area contributed by atoms with Crippen LogP contribution in [0.1, 0.15) is 24.6 Å². The smallest absolute Gasteiger partial charge is 0.336 e. The van der Waals surface area contributed by atoms with E-state index in [9.17, 15) is 28.5 Å². The van der Waals surface area contributed by atoms with E-state index in [0.29, 0.717) is 6.20 Å². The van der Waals surface area contributed by atoms with Crippen LogP contribution >= 0.6 is 0 Å². The van der Waals surface area contributed by atoms with Crippen LogP contribution in [0.25, 0.3) is 0 Å². The summed E-state index contributed by atoms with van der Waals surface area (Å²) in [5, 5.41) is 10.7. The molecule has 0 aliphatic heterocycles. The molecule has 1 heterocycles. The normalized spacial score (nSPS) is 10.5. The van der Waals surface area contributed by atoms with Crippen molar-refractivity contribution in [1.82, 2.24) is 4.98 Å². The van der Waals surface area contributed by atoms with Gasteiger partial charge in [0.25, 0.3) is 11.9 Å². The molecule has 0 bridgehead atoms. The number of H-pyrrole nitrogens is 1. The highest BCUT2D eigenvalue weighted by atomic mass is 19.3. The summed E-state index contributed by atoms with van der Waals surface area (Å²) in [6.45, 7) is 1.60. The fourth-order valence-corrected chi connectivity index (χ4v) is 1.42. The zero-order chi connectivity index (χ0) is 14.6. The number of hydrogen-bond donors (Lipinski definition) is 1. The van der Waals surface area contributed by atoms with Gasteiger partial charge in [-0.05, 0) is 6.92 Å². The van der Waals surface area contributed by atoms with Gasteiger partial charge in [-0.25, -0.2) is 8.78 Å². The fraction of sp³-hybridized carbons (Fsp3) is 0.400. The maximum absolute atomic E-state index is 12.5. The first-order valence-electron chi connectivity index (χ1n) is 5.21. The number of halogens is 2. The number of aromatic nitrogens is 1. The molecule has 0 saturated heterocycles. The van der Waals surface area contributed by atoms with E-state index in [-0.39, 0.29) is 12.3 Å². The minimum absolute atomic E-state index is 0.0615. The lowest BCUT2D eigenvalue weighted by molar-refractivity contribution is -0.387. The molecule has 1 N–H and O–H groups in total. The summed E-state index contributed by atoms with van der Waals surface area (Å²) in [5.74, 6) is -0.800. The Hall–Kier alpha value is -2.32. The summed E-state index contributed by atoms with van der Waals surface area (Å²) in [6.07, 6.45) is -3.05. The molecule has 0 fully saturated rings. The lowest BCUT2D eigenvalue weighted by atomic mass is 10.1. The number of rotatable bonds is 5. The molecule has 0 aliphatic rings. The van der Waals surface area contributed by atoms with Gasteiger partial charge in [0.2, 0.25) is 0 Å². The molecule has 1 rings (SSSR count). The van der Waals surface area contributed by atoms with Crippen LogP contribution in [0.3, 0.4) is 0 Å². The third-order valence-electron chi connectivity index (χ3n) is 2.21. The summed E-state index contributed by atoms with van der Waals surface area (Å²) < 4.78 is 29.5. The maximum Gasteiger partial charge on any atom is 0.336 e. The molecular formula is C10H10F2N2O5. The molecule has 0 aromatic carbocycles. The second-order valence-electron chi connectivity index (χ2n) is 3.44. The summed E-state index contributed by atoms with van der Waals surface area (Å²) in [7, 11) is 0. The van der Waals surface area contributed by atoms with E-state index in [0.717, 1.165) is 0 Å². The highest BCUT2D eigenvalue weighted by Crippen LogP contribution is 2.19. The van der Waals surface area contributed by atoms with Crippen molar-refractivity contribution in [3.8, 4) is 0 Å². The lowest BCUT2D eigenvalue weighted by Crippen LogP contribution is -2.20. The van der Waals surface area contributed by atoms with Gasteiger partial charge in [-0.2, -0.15) is 0 Å². The number of nitro groups is 1. The lowest BCUT2D eigenvalue weighted by Gasteiger charge is -2.05. The van der Waals surface area contributed by atoms with Crippen LogP contribution in [0.4, 0.5) is 14.5 Å². The van der Waals surface area contributed by atoms with Crippen molar-refractivity contribution < 1.29 is 23.2 Å². The molecule has 104 valence electrons. The van der Waals surface area contributed by atoms with Gasteiger partial charge in [0.1, 0.15) is 5.69 Å². The van der Waals surface area contributed by atoms with E-state index in [1.807, 2.05) is 0 Å². The number of nitrogens with one attached hydrogen (secondary N) is 1. The molecule has 1 aromatic rings. The van der Waals surface area contributed by atoms with Crippen LogP contribution in [-0.4, -0.2) is 22.5 Å². The van der Waals surface area contributed by atoms with Crippen LogP contribution in [0.15, 0.2) is 11.0 Å². The van der Waals surface area contributed by atoms with Crippen molar-refractivity contribution in [2.24, 2.45) is 0 Å². The number of aromatic amines is 1. The van der Waals surface area contributed by atoms with Crippen LogP contribution in [0.2, 0.25) is 0 Å². The number of ether oxygens (including phenoxy) is 1. The van der Waals surface area contributed by atoms with Gasteiger partial charge in [0, 0.05) is 6.20 Å². The Morgan fingerprint density at radius 3 is 2.68 bits per heavy atom. The maximum atomic E-state index is 12.5. The van der Waals surface area contributed by atoms with Gasteiger partial charge in [-0.3, -0.25) is 19.7 Å². The molecule has 0 spiro atoms. The van der Waals surface area contributed by atoms with Crippen LogP contribution in [-0.2, 0) is 16.0 Å². The number of pyridine rings is 1. The largest absolute Gasteiger partial charge is 0.466 e. The molecular weight excluding hydrogens is 266 g/mol. The molecule has 0 amide bonds. The summed E-state index contributed by atoms with van der Waals surface area (Å²) in [6, 6.07) is 0. The van der Waals surface area contributed by atoms with Crippen molar-refractivity contribution in [3.05, 3.63) is 37.8 Å². The van der Waals surface area contributed by atoms with Crippen molar-refractivity contribution in [1.29, 1.82) is 0 Å². The average molecular weight is 276 g/mol. The zero-order valence-electron chi connectivity index (χ0n) is 9.81.